The number of anilines is 1. The Morgan fingerprint density at radius 3 is 2.35 bits per heavy atom. The fourth-order valence-electron chi connectivity index (χ4n) is 7.05. The van der Waals surface area contributed by atoms with E-state index in [0.717, 1.165) is 90.3 Å². The number of cyclic esters (lactones) is 1. The first-order valence-electron chi connectivity index (χ1n) is 15.6. The highest BCUT2D eigenvalue weighted by atomic mass is 16.6. The molecule has 1 aromatic heterocycles. The van der Waals surface area contributed by atoms with E-state index in [1.165, 1.54) is 5.56 Å². The van der Waals surface area contributed by atoms with Crippen molar-refractivity contribution in [3.05, 3.63) is 81.4 Å². The Balaban J connectivity index is 1.33. The molecule has 2 aliphatic heterocycles. The maximum absolute atomic E-state index is 13.3. The zero-order valence-corrected chi connectivity index (χ0v) is 25.7. The van der Waals surface area contributed by atoms with E-state index in [1.807, 2.05) is 4.90 Å². The number of benzene rings is 2. The summed E-state index contributed by atoms with van der Waals surface area (Å²) in [5.74, 6) is 2.54. The number of carbonyl (C=O) groups excluding carboxylic acids is 1. The molecule has 8 heteroatoms. The van der Waals surface area contributed by atoms with Crippen LogP contribution in [0.25, 0.3) is 11.1 Å². The number of hydrogen-bond acceptors (Lipinski definition) is 7. The molecule has 0 unspecified atom stereocenters. The highest BCUT2D eigenvalue weighted by Crippen LogP contribution is 2.42. The lowest BCUT2D eigenvalue weighted by Gasteiger charge is -2.33. The fraction of sp³-hybridized carbons (Fsp3) is 0.486. The minimum absolute atomic E-state index is 0.153. The molecule has 0 N–H and O–H groups in total. The topological polar surface area (TPSA) is 84.3 Å². The van der Waals surface area contributed by atoms with Gasteiger partial charge in [-0.25, -0.2) is 9.78 Å². The van der Waals surface area contributed by atoms with E-state index < -0.39 is 0 Å². The summed E-state index contributed by atoms with van der Waals surface area (Å²) in [7, 11) is 1.70. The minimum Gasteiger partial charge on any atom is -0.496 e. The summed E-state index contributed by atoms with van der Waals surface area (Å²) in [6.45, 7) is 8.94. The van der Waals surface area contributed by atoms with Crippen LogP contribution in [0.2, 0.25) is 0 Å². The summed E-state index contributed by atoms with van der Waals surface area (Å²) >= 11 is 0. The van der Waals surface area contributed by atoms with Crippen LogP contribution in [0.5, 0.6) is 5.75 Å². The largest absolute Gasteiger partial charge is 0.496 e. The van der Waals surface area contributed by atoms with E-state index in [1.54, 1.807) is 7.11 Å². The Hall–Kier alpha value is -3.94. The van der Waals surface area contributed by atoms with E-state index in [4.69, 9.17) is 14.5 Å². The second-order valence-corrected chi connectivity index (χ2v) is 12.6. The van der Waals surface area contributed by atoms with Crippen molar-refractivity contribution in [2.75, 3.05) is 31.6 Å². The van der Waals surface area contributed by atoms with E-state index in [9.17, 15) is 9.70 Å². The lowest BCUT2D eigenvalue weighted by Crippen LogP contribution is -2.38. The number of aromatic nitrogens is 1. The highest BCUT2D eigenvalue weighted by molar-refractivity contribution is 5.76. The molecule has 3 aromatic rings. The lowest BCUT2D eigenvalue weighted by atomic mass is 9.78. The molecule has 1 saturated carbocycles. The lowest BCUT2D eigenvalue weighted by molar-refractivity contribution is 0.130. The van der Waals surface area contributed by atoms with Gasteiger partial charge in [0.05, 0.1) is 31.9 Å². The normalized spacial score (nSPS) is 23.6. The number of amides is 1. The number of carbonyl (C=O) groups is 1. The average molecular weight is 583 g/mol. The monoisotopic (exact) mass is 582 g/mol. The first kappa shape index (κ1) is 29.1. The van der Waals surface area contributed by atoms with Gasteiger partial charge in [-0.05, 0) is 100 Å². The van der Waals surface area contributed by atoms with Gasteiger partial charge in [-0.2, -0.15) is 4.91 Å². The Labute approximate surface area is 254 Å². The zero-order chi connectivity index (χ0) is 30.1. The second kappa shape index (κ2) is 12.3. The van der Waals surface area contributed by atoms with Crippen molar-refractivity contribution in [3.63, 3.8) is 0 Å². The molecule has 3 fully saturated rings. The van der Waals surface area contributed by atoms with Crippen molar-refractivity contribution in [1.29, 1.82) is 0 Å². The fourth-order valence-corrected chi connectivity index (χ4v) is 7.05. The van der Waals surface area contributed by atoms with Gasteiger partial charge in [-0.3, -0.25) is 4.90 Å². The van der Waals surface area contributed by atoms with E-state index in [0.29, 0.717) is 24.9 Å². The Morgan fingerprint density at radius 2 is 1.70 bits per heavy atom. The van der Waals surface area contributed by atoms with Gasteiger partial charge in [0.15, 0.2) is 0 Å². The molecule has 1 amide bonds. The summed E-state index contributed by atoms with van der Waals surface area (Å²) in [6.07, 6.45) is 4.63. The van der Waals surface area contributed by atoms with Crippen LogP contribution >= 0.6 is 0 Å². The van der Waals surface area contributed by atoms with Crippen LogP contribution in [0.4, 0.5) is 10.6 Å². The molecule has 3 aliphatic rings. The summed E-state index contributed by atoms with van der Waals surface area (Å²) in [6, 6.07) is 16.9. The van der Waals surface area contributed by atoms with Gasteiger partial charge < -0.3 is 14.4 Å². The van der Waals surface area contributed by atoms with Crippen LogP contribution in [0.15, 0.2) is 53.7 Å². The third-order valence-electron chi connectivity index (χ3n) is 9.59. The first-order chi connectivity index (χ1) is 20.8. The summed E-state index contributed by atoms with van der Waals surface area (Å²) in [5.41, 5.74) is 7.40. The molecule has 2 saturated heterocycles. The quantitative estimate of drug-likeness (QED) is 0.240. The molecule has 0 radical (unpaired) electrons. The van der Waals surface area contributed by atoms with Gasteiger partial charge in [0.1, 0.15) is 17.7 Å². The second-order valence-electron chi connectivity index (χ2n) is 12.6. The zero-order valence-electron chi connectivity index (χ0n) is 25.7. The number of methoxy groups -OCH3 is 1. The van der Waals surface area contributed by atoms with Crippen molar-refractivity contribution in [1.82, 2.24) is 9.88 Å². The van der Waals surface area contributed by atoms with Crippen LogP contribution in [-0.4, -0.2) is 48.8 Å². The molecular formula is C35H42N4O4. The van der Waals surface area contributed by atoms with Crippen LogP contribution < -0.4 is 9.64 Å². The van der Waals surface area contributed by atoms with E-state index >= 15 is 0 Å². The van der Waals surface area contributed by atoms with Gasteiger partial charge in [0.25, 0.3) is 0 Å². The Bertz CT molecular complexity index is 1470. The van der Waals surface area contributed by atoms with E-state index in [-0.39, 0.29) is 18.2 Å². The SMILES string of the molecule is COc1ccc([C@H]2CC[C@H](CN=O)CC2)cc1-c1ccc(N2CCC2)nc1CN1C(=O)O[C@H](c2cc(C)cc(C)c2)[C@@H]1C. The number of nitrogens with zero attached hydrogens (tertiary/aromatic N) is 4. The molecule has 2 atom stereocenters. The van der Waals surface area contributed by atoms with Crippen LogP contribution in [0, 0.1) is 24.7 Å². The average Bonchev–Trinajstić information content (AvgIpc) is 3.25. The summed E-state index contributed by atoms with van der Waals surface area (Å²) in [4.78, 5) is 33.4. The standard InChI is InChI=1S/C35H42N4O4/c1-22-16-23(2)18-28(17-22)34-24(3)39(35(40)43-34)21-31-29(11-13-33(37-31)38-14-5-15-38)30-19-27(10-12-32(30)42-4)26-8-6-25(7-9-26)20-36-41/h10-13,16-19,24-26,34H,5-9,14-15,20-21H2,1-4H3/t24-,25-,26-,34-/m0/s1. The predicted octanol–water partition coefficient (Wildman–Crippen LogP) is 7.71. The van der Waals surface area contributed by atoms with Crippen LogP contribution in [0.1, 0.15) is 79.0 Å². The molecule has 3 heterocycles. The Kier molecular flexibility index (Phi) is 8.37. The molecule has 43 heavy (non-hydrogen) atoms. The molecule has 0 spiro atoms. The van der Waals surface area contributed by atoms with Crippen molar-refractivity contribution in [3.8, 4) is 16.9 Å². The molecular weight excluding hydrogens is 540 g/mol. The summed E-state index contributed by atoms with van der Waals surface area (Å²) in [5, 5.41) is 3.14. The van der Waals surface area contributed by atoms with Crippen molar-refractivity contribution in [2.24, 2.45) is 11.1 Å². The third-order valence-corrected chi connectivity index (χ3v) is 9.59. The predicted molar refractivity (Wildman–Crippen MR) is 169 cm³/mol. The van der Waals surface area contributed by atoms with Gasteiger partial charge in [0, 0.05) is 24.2 Å². The number of rotatable bonds is 9. The van der Waals surface area contributed by atoms with Crippen molar-refractivity contribution in [2.45, 2.75) is 77.5 Å². The molecule has 6 rings (SSSR count). The maximum Gasteiger partial charge on any atom is 0.411 e. The van der Waals surface area contributed by atoms with Crippen LogP contribution in [-0.2, 0) is 11.3 Å². The number of pyridine rings is 1. The number of hydrogen-bond donors (Lipinski definition) is 0. The number of nitroso groups, excluding NO2 is 1. The van der Waals surface area contributed by atoms with Crippen molar-refractivity contribution >= 4 is 11.9 Å². The van der Waals surface area contributed by atoms with Crippen LogP contribution in [0.3, 0.4) is 0 Å². The maximum atomic E-state index is 13.3. The number of ether oxygens (including phenoxy) is 2. The van der Waals surface area contributed by atoms with Gasteiger partial charge >= 0.3 is 6.09 Å². The van der Waals surface area contributed by atoms with Crippen molar-refractivity contribution < 1.29 is 14.3 Å². The van der Waals surface area contributed by atoms with Gasteiger partial charge in [-0.1, -0.05) is 40.6 Å². The summed E-state index contributed by atoms with van der Waals surface area (Å²) < 4.78 is 11.9. The molecule has 226 valence electrons. The molecule has 8 nitrogen and oxygen atoms in total. The van der Waals surface area contributed by atoms with Gasteiger partial charge in [0.2, 0.25) is 0 Å². The molecule has 2 aromatic carbocycles. The third kappa shape index (κ3) is 5.97. The first-order valence-corrected chi connectivity index (χ1v) is 15.6. The molecule has 0 bridgehead atoms. The Morgan fingerprint density at radius 1 is 0.953 bits per heavy atom. The van der Waals surface area contributed by atoms with E-state index in [2.05, 4.69) is 79.4 Å². The van der Waals surface area contributed by atoms with Gasteiger partial charge in [-0.15, -0.1) is 0 Å². The highest BCUT2D eigenvalue weighted by Gasteiger charge is 2.40. The minimum atomic E-state index is -0.337. The number of aryl methyl sites for hydroxylation is 2. The molecule has 1 aliphatic carbocycles. The smallest absolute Gasteiger partial charge is 0.411 e.